The number of carbonyl (C=O) groups is 1. The molecule has 0 saturated carbocycles. The van der Waals surface area contributed by atoms with Crippen LogP contribution in [0.5, 0.6) is 0 Å². The van der Waals surface area contributed by atoms with E-state index in [-0.39, 0.29) is 5.91 Å². The summed E-state index contributed by atoms with van der Waals surface area (Å²) in [6.45, 7) is 0. The van der Waals surface area contributed by atoms with E-state index in [1.54, 1.807) is 34.8 Å². The van der Waals surface area contributed by atoms with Crippen LogP contribution in [0.4, 0.5) is 5.69 Å². The molecule has 1 N–H and O–H groups in total. The summed E-state index contributed by atoms with van der Waals surface area (Å²) in [6, 6.07) is 15.0. The minimum absolute atomic E-state index is 0.158. The molecule has 0 aliphatic rings. The number of benzene rings is 2. The molecule has 7 nitrogen and oxygen atoms in total. The maximum absolute atomic E-state index is 12.9. The van der Waals surface area contributed by atoms with Crippen molar-refractivity contribution < 1.29 is 4.79 Å². The van der Waals surface area contributed by atoms with Crippen LogP contribution in [0.2, 0.25) is 0 Å². The number of nitrogens with one attached hydrogen (secondary N) is 1. The van der Waals surface area contributed by atoms with Gasteiger partial charge in [-0.1, -0.05) is 24.3 Å². The number of nitrogens with zero attached hydrogens (tertiary/aromatic N) is 5. The first-order chi connectivity index (χ1) is 13.7. The van der Waals surface area contributed by atoms with Crippen molar-refractivity contribution in [3.63, 3.8) is 0 Å². The summed E-state index contributed by atoms with van der Waals surface area (Å²) in [6.07, 6.45) is 0. The smallest absolute Gasteiger partial charge is 0.256 e. The van der Waals surface area contributed by atoms with Crippen molar-refractivity contribution in [3.8, 4) is 11.4 Å². The lowest BCUT2D eigenvalue weighted by Gasteiger charge is -2.10. The van der Waals surface area contributed by atoms with Crippen LogP contribution in [0.3, 0.4) is 0 Å². The number of aromatic nitrogens is 5. The third-order valence-electron chi connectivity index (χ3n) is 3.99. The second-order valence-electron chi connectivity index (χ2n) is 5.93. The van der Waals surface area contributed by atoms with Gasteiger partial charge >= 0.3 is 0 Å². The Morgan fingerprint density at radius 3 is 2.89 bits per heavy atom. The average Bonchev–Trinajstić information content (AvgIpc) is 3.38. The van der Waals surface area contributed by atoms with Crippen molar-refractivity contribution in [3.05, 3.63) is 70.7 Å². The number of rotatable bonds is 6. The maximum Gasteiger partial charge on any atom is 0.256 e. The second kappa shape index (κ2) is 8.32. The third-order valence-corrected chi connectivity index (χ3v) is 5.73. The highest BCUT2D eigenvalue weighted by molar-refractivity contribution is 7.98. The molecule has 0 atom stereocenters. The first kappa shape index (κ1) is 18.3. The topological polar surface area (TPSA) is 85.6 Å². The Balaban J connectivity index is 1.52. The molecule has 0 aliphatic heterocycles. The fraction of sp³-hybridized carbons (Fsp3) is 0.105. The molecule has 2 heterocycles. The molecule has 2 aromatic carbocycles. The highest BCUT2D eigenvalue weighted by atomic mass is 32.2. The van der Waals surface area contributed by atoms with Crippen LogP contribution in [0.15, 0.2) is 64.3 Å². The standard InChI is InChI=1S/C19H16N6OS2/c1-25-18(22-23-24-25)13-5-4-6-14(9-13)21-19(26)16-7-2-3-8-17(16)28-11-15-10-27-12-20-15/h2-10,12H,11H2,1H3,(H,21,26). The summed E-state index contributed by atoms with van der Waals surface area (Å²) >= 11 is 3.17. The zero-order chi connectivity index (χ0) is 19.3. The van der Waals surface area contributed by atoms with Crippen molar-refractivity contribution in [2.75, 3.05) is 5.32 Å². The number of hydrogen-bond acceptors (Lipinski definition) is 7. The molecule has 0 radical (unpaired) electrons. The molecule has 4 aromatic rings. The van der Waals surface area contributed by atoms with Gasteiger partial charge in [-0.15, -0.1) is 28.2 Å². The van der Waals surface area contributed by atoms with Crippen LogP contribution in [-0.4, -0.2) is 31.1 Å². The molecule has 0 aliphatic carbocycles. The molecular formula is C19H16N6OS2. The van der Waals surface area contributed by atoms with E-state index < -0.39 is 0 Å². The minimum Gasteiger partial charge on any atom is -0.322 e. The molecule has 2 aromatic heterocycles. The molecule has 1 amide bonds. The predicted molar refractivity (Wildman–Crippen MR) is 110 cm³/mol. The average molecular weight is 409 g/mol. The third kappa shape index (κ3) is 4.10. The lowest BCUT2D eigenvalue weighted by Crippen LogP contribution is -2.13. The van der Waals surface area contributed by atoms with Gasteiger partial charge < -0.3 is 5.32 Å². The lowest BCUT2D eigenvalue weighted by atomic mass is 10.1. The fourth-order valence-electron chi connectivity index (χ4n) is 2.65. The first-order valence-electron chi connectivity index (χ1n) is 8.44. The number of thiazole rings is 1. The normalized spacial score (nSPS) is 10.8. The van der Waals surface area contributed by atoms with Crippen LogP contribution in [0.1, 0.15) is 16.1 Å². The molecule has 0 bridgehead atoms. The SMILES string of the molecule is Cn1nnnc1-c1cccc(NC(=O)c2ccccc2SCc2cscn2)c1. The Kier molecular flexibility index (Phi) is 5.45. The van der Waals surface area contributed by atoms with Crippen LogP contribution in [0.25, 0.3) is 11.4 Å². The van der Waals surface area contributed by atoms with Crippen LogP contribution in [-0.2, 0) is 12.8 Å². The van der Waals surface area contributed by atoms with Gasteiger partial charge in [-0.05, 0) is 34.7 Å². The molecule has 28 heavy (non-hydrogen) atoms. The second-order valence-corrected chi connectivity index (χ2v) is 7.66. The van der Waals surface area contributed by atoms with E-state index in [0.29, 0.717) is 17.1 Å². The van der Waals surface area contributed by atoms with Gasteiger partial charge in [0.05, 0.1) is 16.8 Å². The van der Waals surface area contributed by atoms with Crippen molar-refractivity contribution in [1.82, 2.24) is 25.2 Å². The van der Waals surface area contributed by atoms with Gasteiger partial charge in [-0.2, -0.15) is 0 Å². The van der Waals surface area contributed by atoms with Gasteiger partial charge in [0.25, 0.3) is 5.91 Å². The Hall–Kier alpha value is -3.04. The quantitative estimate of drug-likeness (QED) is 0.487. The van der Waals surface area contributed by atoms with E-state index in [1.807, 2.05) is 59.4 Å². The summed E-state index contributed by atoms with van der Waals surface area (Å²) in [5.41, 5.74) is 4.97. The van der Waals surface area contributed by atoms with E-state index in [9.17, 15) is 4.79 Å². The number of amides is 1. The lowest BCUT2D eigenvalue weighted by molar-refractivity contribution is 0.102. The fourth-order valence-corrected chi connectivity index (χ4v) is 4.27. The molecule has 140 valence electrons. The molecule has 4 rings (SSSR count). The Bertz CT molecular complexity index is 1090. The molecular weight excluding hydrogens is 392 g/mol. The van der Waals surface area contributed by atoms with E-state index in [1.165, 1.54) is 0 Å². The van der Waals surface area contributed by atoms with Crippen LogP contribution in [0, 0.1) is 0 Å². The molecule has 9 heteroatoms. The summed E-state index contributed by atoms with van der Waals surface area (Å²) in [4.78, 5) is 18.1. The van der Waals surface area contributed by atoms with Gasteiger partial charge in [0, 0.05) is 34.3 Å². The van der Waals surface area contributed by atoms with E-state index >= 15 is 0 Å². The maximum atomic E-state index is 12.9. The monoisotopic (exact) mass is 408 g/mol. The van der Waals surface area contributed by atoms with Gasteiger partial charge in [-0.3, -0.25) is 4.79 Å². The largest absolute Gasteiger partial charge is 0.322 e. The van der Waals surface area contributed by atoms with E-state index in [4.69, 9.17) is 0 Å². The van der Waals surface area contributed by atoms with E-state index in [0.717, 1.165) is 21.9 Å². The number of carbonyl (C=O) groups excluding carboxylic acids is 1. The number of aryl methyl sites for hydroxylation is 1. The summed E-state index contributed by atoms with van der Waals surface area (Å²) in [5.74, 6) is 1.20. The number of tetrazole rings is 1. The van der Waals surface area contributed by atoms with Crippen molar-refractivity contribution in [2.45, 2.75) is 10.6 Å². The zero-order valence-electron chi connectivity index (χ0n) is 14.9. The summed E-state index contributed by atoms with van der Waals surface area (Å²) in [7, 11) is 1.77. The van der Waals surface area contributed by atoms with Gasteiger partial charge in [0.15, 0.2) is 5.82 Å². The van der Waals surface area contributed by atoms with Crippen LogP contribution < -0.4 is 5.32 Å². The first-order valence-corrected chi connectivity index (χ1v) is 10.4. The van der Waals surface area contributed by atoms with Gasteiger partial charge in [-0.25, -0.2) is 9.67 Å². The molecule has 0 unspecified atom stereocenters. The van der Waals surface area contributed by atoms with Gasteiger partial charge in [0.1, 0.15) is 0 Å². The highest BCUT2D eigenvalue weighted by Crippen LogP contribution is 2.27. The zero-order valence-corrected chi connectivity index (χ0v) is 16.6. The number of thioether (sulfide) groups is 1. The predicted octanol–water partition coefficient (Wildman–Crippen LogP) is 3.88. The number of anilines is 1. The van der Waals surface area contributed by atoms with E-state index in [2.05, 4.69) is 25.8 Å². The van der Waals surface area contributed by atoms with Gasteiger partial charge in [0.2, 0.25) is 0 Å². The Morgan fingerprint density at radius 2 is 2.11 bits per heavy atom. The molecule has 0 saturated heterocycles. The number of hydrogen-bond donors (Lipinski definition) is 1. The van der Waals surface area contributed by atoms with Crippen molar-refractivity contribution in [1.29, 1.82) is 0 Å². The summed E-state index contributed by atoms with van der Waals surface area (Å²) < 4.78 is 1.59. The minimum atomic E-state index is -0.158. The van der Waals surface area contributed by atoms with Crippen molar-refractivity contribution >= 4 is 34.7 Å². The molecule has 0 spiro atoms. The molecule has 0 fully saturated rings. The highest BCUT2D eigenvalue weighted by Gasteiger charge is 2.13. The van der Waals surface area contributed by atoms with Crippen LogP contribution >= 0.6 is 23.1 Å². The Labute approximate surface area is 169 Å². The Morgan fingerprint density at radius 1 is 1.21 bits per heavy atom. The summed E-state index contributed by atoms with van der Waals surface area (Å²) in [5, 5.41) is 16.5. The van der Waals surface area contributed by atoms with Crippen molar-refractivity contribution in [2.24, 2.45) is 7.05 Å².